The lowest BCUT2D eigenvalue weighted by Gasteiger charge is -2.11. The number of ether oxygens (including phenoxy) is 2. The lowest BCUT2D eigenvalue weighted by atomic mass is 9.95. The van der Waals surface area contributed by atoms with Crippen molar-refractivity contribution in [3.63, 3.8) is 0 Å². The van der Waals surface area contributed by atoms with Gasteiger partial charge in [-0.2, -0.15) is 0 Å². The molecule has 0 N–H and O–H groups in total. The SMILES string of the molecule is CCOC(=O)/C(Br)=C1/OC(=O)c2ccccc2-c2ccccc21. The van der Waals surface area contributed by atoms with Crippen LogP contribution in [0.3, 0.4) is 0 Å². The minimum Gasteiger partial charge on any atom is -0.462 e. The predicted molar refractivity (Wildman–Crippen MR) is 89.8 cm³/mol. The van der Waals surface area contributed by atoms with E-state index < -0.39 is 11.9 Å². The average molecular weight is 373 g/mol. The zero-order chi connectivity index (χ0) is 16.4. The number of halogens is 1. The summed E-state index contributed by atoms with van der Waals surface area (Å²) < 4.78 is 10.6. The molecule has 3 rings (SSSR count). The van der Waals surface area contributed by atoms with Crippen molar-refractivity contribution in [2.45, 2.75) is 6.92 Å². The molecular formula is C18H13BrO4. The second-order valence-electron chi connectivity index (χ2n) is 4.84. The zero-order valence-electron chi connectivity index (χ0n) is 12.3. The maximum absolute atomic E-state index is 12.4. The standard InChI is InChI=1S/C18H13BrO4/c1-2-22-18(21)15(19)16-13-9-5-3-7-11(13)12-8-4-6-10-14(12)17(20)23-16/h3-10H,2H2,1H3/b16-15-. The van der Waals surface area contributed by atoms with Gasteiger partial charge in [0.1, 0.15) is 4.48 Å². The van der Waals surface area contributed by atoms with Gasteiger partial charge in [-0.25, -0.2) is 9.59 Å². The fourth-order valence-electron chi connectivity index (χ4n) is 2.46. The Hall–Kier alpha value is -2.40. The zero-order valence-corrected chi connectivity index (χ0v) is 13.9. The van der Waals surface area contributed by atoms with Gasteiger partial charge in [-0.05, 0) is 40.0 Å². The Balaban J connectivity index is 2.26. The number of carbonyl (C=O) groups excluding carboxylic acids is 2. The summed E-state index contributed by atoms with van der Waals surface area (Å²) in [5, 5.41) is 0. The predicted octanol–water partition coefficient (Wildman–Crippen LogP) is 4.15. The third kappa shape index (κ3) is 2.80. The highest BCUT2D eigenvalue weighted by Gasteiger charge is 2.28. The molecule has 0 spiro atoms. The number of esters is 2. The molecule has 0 aliphatic carbocycles. The molecule has 0 atom stereocenters. The number of hydrogen-bond donors (Lipinski definition) is 0. The molecule has 1 aliphatic heterocycles. The minimum atomic E-state index is -0.573. The molecule has 1 aliphatic rings. The molecule has 5 heteroatoms. The van der Waals surface area contributed by atoms with E-state index in [0.717, 1.165) is 11.1 Å². The Morgan fingerprint density at radius 3 is 2.13 bits per heavy atom. The lowest BCUT2D eigenvalue weighted by molar-refractivity contribution is -0.137. The van der Waals surface area contributed by atoms with E-state index >= 15 is 0 Å². The highest BCUT2D eigenvalue weighted by molar-refractivity contribution is 9.12. The number of rotatable bonds is 2. The maximum atomic E-state index is 12.4. The molecule has 4 nitrogen and oxygen atoms in total. The Labute approximate surface area is 141 Å². The number of carbonyl (C=O) groups is 2. The van der Waals surface area contributed by atoms with Crippen molar-refractivity contribution in [1.29, 1.82) is 0 Å². The minimum absolute atomic E-state index is 0.0907. The number of fused-ring (bicyclic) bond motifs is 3. The monoisotopic (exact) mass is 372 g/mol. The Morgan fingerprint density at radius 1 is 1.00 bits per heavy atom. The van der Waals surface area contributed by atoms with Crippen LogP contribution in [0, 0.1) is 0 Å². The number of cyclic esters (lactones) is 1. The highest BCUT2D eigenvalue weighted by Crippen LogP contribution is 2.38. The van der Waals surface area contributed by atoms with E-state index in [9.17, 15) is 9.59 Å². The van der Waals surface area contributed by atoms with Gasteiger partial charge in [0.25, 0.3) is 0 Å². The van der Waals surface area contributed by atoms with Crippen LogP contribution in [0.1, 0.15) is 22.8 Å². The fourth-order valence-corrected chi connectivity index (χ4v) is 2.87. The van der Waals surface area contributed by atoms with E-state index in [2.05, 4.69) is 15.9 Å². The molecule has 2 aromatic carbocycles. The molecule has 0 unspecified atom stereocenters. The van der Waals surface area contributed by atoms with Crippen LogP contribution in [-0.4, -0.2) is 18.5 Å². The van der Waals surface area contributed by atoms with E-state index in [0.29, 0.717) is 11.1 Å². The summed E-state index contributed by atoms with van der Waals surface area (Å²) in [7, 11) is 0. The summed E-state index contributed by atoms with van der Waals surface area (Å²) in [6.45, 7) is 1.95. The van der Waals surface area contributed by atoms with Crippen molar-refractivity contribution in [1.82, 2.24) is 0 Å². The van der Waals surface area contributed by atoms with Crippen LogP contribution in [0.2, 0.25) is 0 Å². The fraction of sp³-hybridized carbons (Fsp3) is 0.111. The van der Waals surface area contributed by atoms with Gasteiger partial charge in [-0.15, -0.1) is 0 Å². The molecular weight excluding hydrogens is 360 g/mol. The third-order valence-electron chi connectivity index (χ3n) is 3.46. The van der Waals surface area contributed by atoms with Gasteiger partial charge in [-0.3, -0.25) is 0 Å². The lowest BCUT2D eigenvalue weighted by Crippen LogP contribution is -2.09. The molecule has 2 aromatic rings. The molecule has 0 aromatic heterocycles. The van der Waals surface area contributed by atoms with E-state index in [4.69, 9.17) is 9.47 Å². The summed E-state index contributed by atoms with van der Waals surface area (Å²) in [6.07, 6.45) is 0. The number of hydrogen-bond acceptors (Lipinski definition) is 4. The summed E-state index contributed by atoms with van der Waals surface area (Å²) in [5.41, 5.74) is 2.71. The van der Waals surface area contributed by atoms with Gasteiger partial charge >= 0.3 is 11.9 Å². The summed E-state index contributed by atoms with van der Waals surface area (Å²) in [5.74, 6) is -0.913. The van der Waals surface area contributed by atoms with E-state index in [1.165, 1.54) is 0 Å². The third-order valence-corrected chi connectivity index (χ3v) is 4.14. The van der Waals surface area contributed by atoms with Crippen LogP contribution < -0.4 is 0 Å². The normalized spacial score (nSPS) is 15.0. The van der Waals surface area contributed by atoms with Crippen molar-refractivity contribution in [2.75, 3.05) is 6.61 Å². The van der Waals surface area contributed by atoms with Crippen molar-refractivity contribution in [3.8, 4) is 11.1 Å². The quantitative estimate of drug-likeness (QED) is 0.586. The van der Waals surface area contributed by atoms with Gasteiger partial charge in [0.2, 0.25) is 0 Å². The summed E-state index contributed by atoms with van der Waals surface area (Å²) >= 11 is 3.21. The second-order valence-corrected chi connectivity index (χ2v) is 5.64. The first-order chi connectivity index (χ1) is 11.1. The van der Waals surface area contributed by atoms with Crippen LogP contribution in [0.25, 0.3) is 16.9 Å². The van der Waals surface area contributed by atoms with Crippen molar-refractivity contribution < 1.29 is 19.1 Å². The van der Waals surface area contributed by atoms with Crippen molar-refractivity contribution in [3.05, 3.63) is 64.1 Å². The smallest absolute Gasteiger partial charge is 0.349 e. The molecule has 23 heavy (non-hydrogen) atoms. The average Bonchev–Trinajstić information content (AvgIpc) is 2.70. The van der Waals surface area contributed by atoms with E-state index in [1.54, 1.807) is 25.1 Å². The molecule has 0 bridgehead atoms. The maximum Gasteiger partial charge on any atom is 0.349 e. The van der Waals surface area contributed by atoms with Gasteiger partial charge in [-0.1, -0.05) is 42.5 Å². The molecule has 0 saturated heterocycles. The summed E-state index contributed by atoms with van der Waals surface area (Å²) in [6, 6.07) is 14.6. The van der Waals surface area contributed by atoms with Crippen LogP contribution in [-0.2, 0) is 14.3 Å². The highest BCUT2D eigenvalue weighted by atomic mass is 79.9. The van der Waals surface area contributed by atoms with Gasteiger partial charge < -0.3 is 9.47 Å². The van der Waals surface area contributed by atoms with Crippen molar-refractivity contribution in [2.24, 2.45) is 0 Å². The van der Waals surface area contributed by atoms with E-state index in [1.807, 2.05) is 30.3 Å². The van der Waals surface area contributed by atoms with Gasteiger partial charge in [0.15, 0.2) is 5.76 Å². The van der Waals surface area contributed by atoms with E-state index in [-0.39, 0.29) is 16.8 Å². The van der Waals surface area contributed by atoms with Gasteiger partial charge in [0, 0.05) is 5.56 Å². The van der Waals surface area contributed by atoms with Crippen LogP contribution >= 0.6 is 15.9 Å². The van der Waals surface area contributed by atoms with Gasteiger partial charge in [0.05, 0.1) is 12.2 Å². The molecule has 0 fully saturated rings. The number of benzene rings is 2. The Morgan fingerprint density at radius 2 is 1.52 bits per heavy atom. The summed E-state index contributed by atoms with van der Waals surface area (Å²) in [4.78, 5) is 24.5. The van der Waals surface area contributed by atoms with Crippen molar-refractivity contribution >= 4 is 33.6 Å². The topological polar surface area (TPSA) is 52.6 Å². The largest absolute Gasteiger partial charge is 0.462 e. The molecule has 0 amide bonds. The molecule has 1 heterocycles. The molecule has 0 radical (unpaired) electrons. The molecule has 116 valence electrons. The Kier molecular flexibility index (Phi) is 4.30. The Bertz CT molecular complexity index is 823. The first-order valence-corrected chi connectivity index (χ1v) is 7.90. The first kappa shape index (κ1) is 15.5. The molecule has 0 saturated carbocycles. The first-order valence-electron chi connectivity index (χ1n) is 7.11. The van der Waals surface area contributed by atoms with Crippen LogP contribution in [0.5, 0.6) is 0 Å². The van der Waals surface area contributed by atoms with Crippen LogP contribution in [0.15, 0.2) is 53.0 Å². The van der Waals surface area contributed by atoms with Crippen LogP contribution in [0.4, 0.5) is 0 Å². The second kappa shape index (κ2) is 6.38.